The molecule has 3 aromatic rings. The molecule has 0 amide bonds. The van der Waals surface area contributed by atoms with Crippen molar-refractivity contribution in [2.45, 2.75) is 58.2 Å². The number of carbonyl (C=O) groups is 1. The maximum absolute atomic E-state index is 12.8. The number of anilines is 1. The summed E-state index contributed by atoms with van der Waals surface area (Å²) in [5, 5.41) is 4.05. The molecule has 0 saturated heterocycles. The van der Waals surface area contributed by atoms with E-state index in [4.69, 9.17) is 5.73 Å². The van der Waals surface area contributed by atoms with Gasteiger partial charge in [0, 0.05) is 49.0 Å². The number of aryl methyl sites for hydroxylation is 3. The van der Waals surface area contributed by atoms with Gasteiger partial charge in [0.05, 0.1) is 0 Å². The SMILES string of the molecule is C=CCC(N)c1cn(C)c2cc(C)c(C3=C4C=CC(=O)C=C4[Si](C)(C)c4c3cc3c5c4CCCN5CCC3)cc12. The maximum Gasteiger partial charge on any atom is 0.178 e. The van der Waals surface area contributed by atoms with Crippen LogP contribution < -0.4 is 15.8 Å². The second-order valence-corrected chi connectivity index (χ2v) is 17.0. The van der Waals surface area contributed by atoms with Crippen LogP contribution in [0, 0.1) is 6.92 Å². The Hall–Kier alpha value is -3.41. The van der Waals surface area contributed by atoms with E-state index < -0.39 is 8.07 Å². The molecule has 1 atom stereocenters. The molecule has 4 aliphatic rings. The van der Waals surface area contributed by atoms with Crippen LogP contribution >= 0.6 is 0 Å². The Labute approximate surface area is 238 Å². The van der Waals surface area contributed by atoms with Crippen LogP contribution in [0.2, 0.25) is 13.1 Å². The van der Waals surface area contributed by atoms with E-state index in [9.17, 15) is 4.79 Å². The minimum atomic E-state index is -2.15. The fourth-order valence-electron chi connectivity index (χ4n) is 8.03. The van der Waals surface area contributed by atoms with Crippen molar-refractivity contribution in [3.8, 4) is 0 Å². The lowest BCUT2D eigenvalue weighted by Crippen LogP contribution is -2.53. The Morgan fingerprint density at radius 3 is 2.65 bits per heavy atom. The van der Waals surface area contributed by atoms with Crippen LogP contribution in [-0.2, 0) is 24.7 Å². The van der Waals surface area contributed by atoms with Crippen molar-refractivity contribution in [2.24, 2.45) is 12.8 Å². The van der Waals surface area contributed by atoms with Crippen LogP contribution in [0.5, 0.6) is 0 Å². The second kappa shape index (κ2) is 9.05. The van der Waals surface area contributed by atoms with Crippen molar-refractivity contribution in [3.63, 3.8) is 0 Å². The number of aromatic nitrogens is 1. The van der Waals surface area contributed by atoms with E-state index in [1.807, 2.05) is 12.2 Å². The first-order valence-electron chi connectivity index (χ1n) is 14.8. The lowest BCUT2D eigenvalue weighted by molar-refractivity contribution is -0.110. The molecule has 4 heterocycles. The van der Waals surface area contributed by atoms with Crippen molar-refractivity contribution < 1.29 is 4.79 Å². The molecular weight excluding hydrogens is 506 g/mol. The first kappa shape index (κ1) is 25.5. The van der Waals surface area contributed by atoms with Crippen molar-refractivity contribution in [2.75, 3.05) is 18.0 Å². The van der Waals surface area contributed by atoms with Crippen LogP contribution in [0.3, 0.4) is 0 Å². The Bertz CT molecular complexity index is 1730. The summed E-state index contributed by atoms with van der Waals surface area (Å²) >= 11 is 0. The van der Waals surface area contributed by atoms with Gasteiger partial charge in [0.25, 0.3) is 0 Å². The van der Waals surface area contributed by atoms with Crippen molar-refractivity contribution in [1.29, 1.82) is 0 Å². The minimum Gasteiger partial charge on any atom is -0.371 e. The maximum atomic E-state index is 12.8. The standard InChI is InChI=1S/C35H39N3OSi/c1-6-9-30(36)29-20-37(3)31-16-21(2)26(19-27(29)31)33-24-13-12-23(39)18-32(24)40(4,5)35-25-11-8-15-38-14-7-10-22(34(25)38)17-28(33)35/h6,12-13,16-20,30H,1,7-11,14-15,36H2,2-5H3. The third-order valence-electron chi connectivity index (χ3n) is 9.81. The van der Waals surface area contributed by atoms with Crippen LogP contribution in [0.4, 0.5) is 5.69 Å². The average Bonchev–Trinajstić information content (AvgIpc) is 3.24. The van der Waals surface area contributed by atoms with Gasteiger partial charge in [0.15, 0.2) is 5.78 Å². The fraction of sp³-hybridized carbons (Fsp3) is 0.343. The summed E-state index contributed by atoms with van der Waals surface area (Å²) in [6.45, 7) is 13.4. The number of rotatable bonds is 4. The molecule has 1 aliphatic carbocycles. The second-order valence-electron chi connectivity index (χ2n) is 12.7. The van der Waals surface area contributed by atoms with Gasteiger partial charge in [0.2, 0.25) is 0 Å². The van der Waals surface area contributed by atoms with E-state index in [1.165, 1.54) is 68.0 Å². The molecule has 2 aromatic carbocycles. The monoisotopic (exact) mass is 545 g/mol. The summed E-state index contributed by atoms with van der Waals surface area (Å²) in [4.78, 5) is 15.5. The Balaban J connectivity index is 1.58. The Kier molecular flexibility index (Phi) is 5.78. The van der Waals surface area contributed by atoms with Gasteiger partial charge in [-0.2, -0.15) is 0 Å². The summed E-state index contributed by atoms with van der Waals surface area (Å²) in [7, 11) is -0.0398. The highest BCUT2D eigenvalue weighted by molar-refractivity contribution is 6.98. The molecule has 40 heavy (non-hydrogen) atoms. The molecule has 1 unspecified atom stereocenters. The van der Waals surface area contributed by atoms with Crippen LogP contribution in [0.1, 0.15) is 58.7 Å². The largest absolute Gasteiger partial charge is 0.371 e. The summed E-state index contributed by atoms with van der Waals surface area (Å²) in [6.07, 6.45) is 15.4. The summed E-state index contributed by atoms with van der Waals surface area (Å²) in [5.74, 6) is 0.114. The van der Waals surface area contributed by atoms with Gasteiger partial charge in [-0.1, -0.05) is 25.2 Å². The third-order valence-corrected chi connectivity index (χ3v) is 13.4. The molecular formula is C35H39N3OSi. The molecule has 3 aliphatic heterocycles. The Morgan fingerprint density at radius 1 is 1.10 bits per heavy atom. The quantitative estimate of drug-likeness (QED) is 0.319. The molecule has 0 saturated carbocycles. The number of benzene rings is 2. The van der Waals surface area contributed by atoms with Crippen molar-refractivity contribution in [1.82, 2.24) is 4.57 Å². The van der Waals surface area contributed by atoms with Crippen LogP contribution in [0.15, 0.2) is 66.0 Å². The zero-order valence-electron chi connectivity index (χ0n) is 24.2. The molecule has 0 spiro atoms. The molecule has 0 bridgehead atoms. The summed E-state index contributed by atoms with van der Waals surface area (Å²) < 4.78 is 2.20. The van der Waals surface area contributed by atoms with E-state index in [2.05, 4.69) is 73.6 Å². The Morgan fingerprint density at radius 2 is 1.88 bits per heavy atom. The fourth-order valence-corrected chi connectivity index (χ4v) is 11.6. The molecule has 0 radical (unpaired) electrons. The van der Waals surface area contributed by atoms with Crippen LogP contribution in [0.25, 0.3) is 16.5 Å². The zero-order chi connectivity index (χ0) is 27.9. The lowest BCUT2D eigenvalue weighted by atomic mass is 9.82. The van der Waals surface area contributed by atoms with E-state index in [1.54, 1.807) is 16.8 Å². The number of nitrogens with two attached hydrogens (primary N) is 1. The van der Waals surface area contributed by atoms with Crippen molar-refractivity contribution >= 4 is 41.2 Å². The average molecular weight is 546 g/mol. The number of carbonyl (C=O) groups excluding carboxylic acids is 1. The smallest absolute Gasteiger partial charge is 0.178 e. The number of allylic oxidation sites excluding steroid dienone is 5. The van der Waals surface area contributed by atoms with Gasteiger partial charge >= 0.3 is 0 Å². The minimum absolute atomic E-state index is 0.0930. The first-order valence-corrected chi connectivity index (χ1v) is 17.8. The summed E-state index contributed by atoms with van der Waals surface area (Å²) in [5.41, 5.74) is 20.1. The lowest BCUT2D eigenvalue weighted by Gasteiger charge is -2.44. The van der Waals surface area contributed by atoms with Crippen molar-refractivity contribution in [3.05, 3.63) is 99.4 Å². The van der Waals surface area contributed by atoms with Gasteiger partial charge in [0.1, 0.15) is 8.07 Å². The van der Waals surface area contributed by atoms with E-state index in [0.29, 0.717) is 0 Å². The normalized spacial score (nSPS) is 19.8. The highest BCUT2D eigenvalue weighted by atomic mass is 28.3. The molecule has 2 N–H and O–H groups in total. The number of hydrogen-bond acceptors (Lipinski definition) is 3. The molecule has 7 rings (SSSR count). The van der Waals surface area contributed by atoms with Gasteiger partial charge < -0.3 is 15.2 Å². The molecule has 204 valence electrons. The molecule has 4 nitrogen and oxygen atoms in total. The highest BCUT2D eigenvalue weighted by Gasteiger charge is 2.44. The number of ketones is 1. The van der Waals surface area contributed by atoms with Gasteiger partial charge in [-0.05, 0) is 124 Å². The highest BCUT2D eigenvalue weighted by Crippen LogP contribution is 2.47. The number of fused-ring (bicyclic) bond motifs is 4. The van der Waals surface area contributed by atoms with Crippen LogP contribution in [-0.4, -0.2) is 31.5 Å². The van der Waals surface area contributed by atoms with Gasteiger partial charge in [-0.3, -0.25) is 4.79 Å². The third kappa shape index (κ3) is 3.57. The predicted octanol–water partition coefficient (Wildman–Crippen LogP) is 6.10. The topological polar surface area (TPSA) is 51.3 Å². The van der Waals surface area contributed by atoms with E-state index >= 15 is 0 Å². The predicted molar refractivity (Wildman–Crippen MR) is 170 cm³/mol. The molecule has 5 heteroatoms. The molecule has 1 aromatic heterocycles. The van der Waals surface area contributed by atoms with Gasteiger partial charge in [-0.25, -0.2) is 0 Å². The molecule has 0 fully saturated rings. The summed E-state index contributed by atoms with van der Waals surface area (Å²) in [6, 6.07) is 7.16. The first-order chi connectivity index (χ1) is 19.2. The zero-order valence-corrected chi connectivity index (χ0v) is 25.2. The van der Waals surface area contributed by atoms with E-state index in [-0.39, 0.29) is 11.8 Å². The van der Waals surface area contributed by atoms with E-state index in [0.717, 1.165) is 37.9 Å². The number of hydrogen-bond donors (Lipinski definition) is 1. The number of nitrogens with zero attached hydrogens (tertiary/aromatic N) is 2. The van der Waals surface area contributed by atoms with Gasteiger partial charge in [-0.15, -0.1) is 6.58 Å².